The van der Waals surface area contributed by atoms with E-state index in [0.717, 1.165) is 0 Å². The number of hydrogen-bond acceptors (Lipinski definition) is 3. The molecule has 0 spiro atoms. The van der Waals surface area contributed by atoms with Crippen LogP contribution in [0.25, 0.3) is 0 Å². The van der Waals surface area contributed by atoms with Crippen molar-refractivity contribution in [1.82, 2.24) is 0 Å². The van der Waals surface area contributed by atoms with E-state index in [-0.39, 0.29) is 46.6 Å². The van der Waals surface area contributed by atoms with Crippen LogP contribution in [0.15, 0.2) is 0 Å². The van der Waals surface area contributed by atoms with Crippen LogP contribution in [0.4, 0.5) is 4.79 Å². The van der Waals surface area contributed by atoms with Gasteiger partial charge in [0.15, 0.2) is 0 Å². The minimum absolute atomic E-state index is 0. The zero-order chi connectivity index (χ0) is 8.08. The summed E-state index contributed by atoms with van der Waals surface area (Å²) in [5, 5.41) is 13.9. The summed E-state index contributed by atoms with van der Waals surface area (Å²) in [6.45, 7) is 0. The van der Waals surface area contributed by atoms with E-state index < -0.39 is 16.6 Å². The fourth-order valence-corrected chi connectivity index (χ4v) is 0. The predicted octanol–water partition coefficient (Wildman–Crippen LogP) is -1.08. The Morgan fingerprint density at radius 2 is 1.09 bits per heavy atom. The Labute approximate surface area is 95.1 Å². The minimum atomic E-state index is -4.67. The number of carbonyl (C=O) groups is 1. The van der Waals surface area contributed by atoms with Crippen LogP contribution in [0.2, 0.25) is 0 Å². The summed E-state index contributed by atoms with van der Waals surface area (Å²) in [7, 11) is -4.67. The van der Waals surface area contributed by atoms with Crippen LogP contribution in [0, 0.1) is 0 Å². The molecule has 0 aromatic rings. The van der Waals surface area contributed by atoms with Gasteiger partial charge < -0.3 is 10.2 Å². The Morgan fingerprint density at radius 3 is 1.09 bits per heavy atom. The standard InChI is InChI=1S/CH2O3.Fe.Na.H2O4S.H/c2-1(3)4;;;1-5(2,3)4;/h(H2,2,3,4);;;(H2,1,2,3,4);. The normalized spacial score (nSPS) is 7.45. The summed E-state index contributed by atoms with van der Waals surface area (Å²) in [5.74, 6) is 0. The van der Waals surface area contributed by atoms with Crippen LogP contribution >= 0.6 is 0 Å². The van der Waals surface area contributed by atoms with Gasteiger partial charge >= 0.3 is 46.1 Å². The third-order valence-corrected chi connectivity index (χ3v) is 0. The monoisotopic (exact) mass is 240 g/mol. The fraction of sp³-hybridized carbons (Fsp3) is 0. The van der Waals surface area contributed by atoms with E-state index in [1.165, 1.54) is 0 Å². The third-order valence-electron chi connectivity index (χ3n) is 0. The van der Waals surface area contributed by atoms with Crippen LogP contribution in [0.1, 0.15) is 0 Å². The number of rotatable bonds is 0. The molecular weight excluding hydrogens is 235 g/mol. The van der Waals surface area contributed by atoms with Crippen LogP contribution in [-0.4, -0.2) is 63.4 Å². The van der Waals surface area contributed by atoms with E-state index in [2.05, 4.69) is 0 Å². The zero-order valence-corrected chi connectivity index (χ0v) is 6.20. The van der Waals surface area contributed by atoms with Crippen molar-refractivity contribution in [3.05, 3.63) is 0 Å². The first-order chi connectivity index (χ1) is 3.73. The van der Waals surface area contributed by atoms with Gasteiger partial charge in [-0.05, 0) is 0 Å². The van der Waals surface area contributed by atoms with Crippen LogP contribution in [-0.2, 0) is 27.5 Å². The first-order valence-corrected chi connectivity index (χ1v) is 2.75. The molecule has 0 bridgehead atoms. The topological polar surface area (TPSA) is 132 Å². The average Bonchev–Trinajstić information content (AvgIpc) is 1.19. The van der Waals surface area contributed by atoms with Crippen molar-refractivity contribution in [2.45, 2.75) is 0 Å². The van der Waals surface area contributed by atoms with Crippen LogP contribution in [0.5, 0.6) is 0 Å². The van der Waals surface area contributed by atoms with Crippen molar-refractivity contribution < 1.29 is 49.6 Å². The van der Waals surface area contributed by atoms with Gasteiger partial charge in [0.2, 0.25) is 0 Å². The molecule has 0 aliphatic heterocycles. The Morgan fingerprint density at radius 1 is 1.09 bits per heavy atom. The molecule has 0 aliphatic rings. The van der Waals surface area contributed by atoms with Crippen molar-refractivity contribution in [3.8, 4) is 0 Å². The molecule has 0 aliphatic carbocycles. The molecule has 11 heavy (non-hydrogen) atoms. The maximum absolute atomic E-state index is 8.74. The van der Waals surface area contributed by atoms with Gasteiger partial charge in [0.25, 0.3) is 0 Å². The van der Waals surface area contributed by atoms with Gasteiger partial charge in [0.05, 0.1) is 0 Å². The van der Waals surface area contributed by atoms with Crippen molar-refractivity contribution in [2.24, 2.45) is 0 Å². The molecule has 0 radical (unpaired) electrons. The molecule has 0 atom stereocenters. The summed E-state index contributed by atoms with van der Waals surface area (Å²) in [5.41, 5.74) is 0. The molecular formula is CH5FeNaO7S. The second kappa shape index (κ2) is 10.7. The van der Waals surface area contributed by atoms with Gasteiger partial charge in [0.1, 0.15) is 0 Å². The van der Waals surface area contributed by atoms with E-state index in [1.807, 2.05) is 0 Å². The SMILES string of the molecule is O=C(O)O.O=S(=O)(O)O.[Fe].[NaH]. The Balaban J connectivity index is -0.0000000383. The van der Waals surface area contributed by atoms with Crippen molar-refractivity contribution in [2.75, 3.05) is 0 Å². The molecule has 0 amide bonds. The van der Waals surface area contributed by atoms with Gasteiger partial charge in [-0.25, -0.2) is 4.79 Å². The van der Waals surface area contributed by atoms with E-state index in [4.69, 9.17) is 32.5 Å². The second-order valence-corrected chi connectivity index (χ2v) is 1.63. The summed E-state index contributed by atoms with van der Waals surface area (Å²) >= 11 is 0. The Hall–Kier alpha value is 0.659. The van der Waals surface area contributed by atoms with Crippen molar-refractivity contribution >= 4 is 46.1 Å². The zero-order valence-electron chi connectivity index (χ0n) is 4.28. The molecule has 0 rings (SSSR count). The molecule has 0 fully saturated rings. The average molecular weight is 240 g/mol. The quantitative estimate of drug-likeness (QED) is 0.312. The van der Waals surface area contributed by atoms with Crippen LogP contribution in [0.3, 0.4) is 0 Å². The predicted molar refractivity (Wildman–Crippen MR) is 32.0 cm³/mol. The fourth-order valence-electron chi connectivity index (χ4n) is 0. The summed E-state index contributed by atoms with van der Waals surface area (Å²) in [4.78, 5) is 8.56. The van der Waals surface area contributed by atoms with E-state index >= 15 is 0 Å². The second-order valence-electron chi connectivity index (χ2n) is 0.730. The number of carboxylic acid groups (broad SMARTS) is 2. The van der Waals surface area contributed by atoms with Gasteiger partial charge in [0, 0.05) is 17.1 Å². The maximum atomic E-state index is 8.74. The molecule has 0 saturated heterocycles. The van der Waals surface area contributed by atoms with E-state index in [1.54, 1.807) is 0 Å². The van der Waals surface area contributed by atoms with Gasteiger partial charge in [-0.2, -0.15) is 8.42 Å². The first-order valence-electron chi connectivity index (χ1n) is 1.35. The Kier molecular flexibility index (Phi) is 21.9. The summed E-state index contributed by atoms with van der Waals surface area (Å²) in [6, 6.07) is 0. The molecule has 0 heterocycles. The molecule has 0 aromatic carbocycles. The molecule has 4 N–H and O–H groups in total. The van der Waals surface area contributed by atoms with Crippen LogP contribution < -0.4 is 0 Å². The summed E-state index contributed by atoms with van der Waals surface area (Å²) < 4.78 is 31.6. The van der Waals surface area contributed by atoms with Crippen molar-refractivity contribution in [3.63, 3.8) is 0 Å². The number of hydrogen-bond donors (Lipinski definition) is 4. The van der Waals surface area contributed by atoms with E-state index in [0.29, 0.717) is 0 Å². The molecule has 0 saturated carbocycles. The van der Waals surface area contributed by atoms with Crippen molar-refractivity contribution in [1.29, 1.82) is 0 Å². The molecule has 7 nitrogen and oxygen atoms in total. The molecule has 0 aromatic heterocycles. The first kappa shape index (κ1) is 22.6. The Bertz CT molecular complexity index is 161. The molecule has 0 unspecified atom stereocenters. The summed E-state index contributed by atoms with van der Waals surface area (Å²) in [6.07, 6.45) is -1.83. The van der Waals surface area contributed by atoms with Gasteiger partial charge in [-0.15, -0.1) is 0 Å². The van der Waals surface area contributed by atoms with Gasteiger partial charge in [-0.1, -0.05) is 0 Å². The molecule has 10 heteroatoms. The molecule has 66 valence electrons. The third kappa shape index (κ3) is 1840. The van der Waals surface area contributed by atoms with Gasteiger partial charge in [-0.3, -0.25) is 9.11 Å². The van der Waals surface area contributed by atoms with E-state index in [9.17, 15) is 0 Å².